The number of amides is 3. The molecule has 0 saturated carbocycles. The Morgan fingerprint density at radius 1 is 1.25 bits per heavy atom. The third-order valence-electron chi connectivity index (χ3n) is 4.28. The molecule has 1 N–H and O–H groups in total. The molecule has 2 atom stereocenters. The van der Waals surface area contributed by atoms with Crippen LogP contribution in [0.2, 0.25) is 0 Å². The standard InChI is InChI=1S/C17H22N4O2S/c1-11(2)21-13-14(20(3)16(23)19-15(13)22)18-17(21)24-10-9-12-7-5-4-6-8-12/h4-8,11,13-14H,9-10H2,1-3H3,(H,19,22,23). The van der Waals surface area contributed by atoms with E-state index >= 15 is 0 Å². The van der Waals surface area contributed by atoms with Gasteiger partial charge in [0.25, 0.3) is 5.91 Å². The molecular formula is C17H22N4O2S. The first-order valence-electron chi connectivity index (χ1n) is 8.09. The largest absolute Gasteiger partial charge is 0.333 e. The van der Waals surface area contributed by atoms with Crippen LogP contribution in [-0.4, -0.2) is 58.0 Å². The monoisotopic (exact) mass is 346 g/mol. The second-order valence-electron chi connectivity index (χ2n) is 6.26. The van der Waals surface area contributed by atoms with Gasteiger partial charge in [0.15, 0.2) is 17.4 Å². The fraction of sp³-hybridized carbons (Fsp3) is 0.471. The summed E-state index contributed by atoms with van der Waals surface area (Å²) in [6.07, 6.45) is 0.500. The summed E-state index contributed by atoms with van der Waals surface area (Å²) in [6, 6.07) is 9.61. The van der Waals surface area contributed by atoms with Crippen LogP contribution in [0.3, 0.4) is 0 Å². The van der Waals surface area contributed by atoms with E-state index in [1.807, 2.05) is 36.9 Å². The van der Waals surface area contributed by atoms with Crippen molar-refractivity contribution in [2.45, 2.75) is 38.5 Å². The van der Waals surface area contributed by atoms with Gasteiger partial charge in [-0.15, -0.1) is 0 Å². The molecule has 128 valence electrons. The molecule has 1 aromatic carbocycles. The van der Waals surface area contributed by atoms with E-state index in [9.17, 15) is 9.59 Å². The number of thioether (sulfide) groups is 1. The zero-order valence-electron chi connectivity index (χ0n) is 14.1. The number of hydrogen-bond acceptors (Lipinski definition) is 5. The predicted octanol–water partition coefficient (Wildman–Crippen LogP) is 1.92. The minimum atomic E-state index is -0.438. The van der Waals surface area contributed by atoms with Gasteiger partial charge in [-0.2, -0.15) is 0 Å². The van der Waals surface area contributed by atoms with Gasteiger partial charge < -0.3 is 9.80 Å². The fourth-order valence-electron chi connectivity index (χ4n) is 3.02. The van der Waals surface area contributed by atoms with Gasteiger partial charge in [-0.1, -0.05) is 42.1 Å². The molecule has 0 aliphatic carbocycles. The average Bonchev–Trinajstić information content (AvgIpc) is 2.94. The lowest BCUT2D eigenvalue weighted by Crippen LogP contribution is -2.64. The molecule has 2 heterocycles. The predicted molar refractivity (Wildman–Crippen MR) is 95.9 cm³/mol. The van der Waals surface area contributed by atoms with E-state index in [4.69, 9.17) is 0 Å². The normalized spacial score (nSPS) is 23.4. The minimum absolute atomic E-state index is 0.135. The quantitative estimate of drug-likeness (QED) is 0.905. The molecule has 2 aliphatic heterocycles. The Bertz CT molecular complexity index is 662. The van der Waals surface area contributed by atoms with E-state index in [-0.39, 0.29) is 18.0 Å². The van der Waals surface area contributed by atoms with E-state index in [2.05, 4.69) is 22.4 Å². The number of carbonyl (C=O) groups excluding carboxylic acids is 2. The molecular weight excluding hydrogens is 324 g/mol. The van der Waals surface area contributed by atoms with E-state index in [1.54, 1.807) is 18.8 Å². The van der Waals surface area contributed by atoms with Gasteiger partial charge in [0, 0.05) is 18.8 Å². The van der Waals surface area contributed by atoms with Crippen molar-refractivity contribution in [1.82, 2.24) is 15.1 Å². The van der Waals surface area contributed by atoms with Crippen LogP contribution in [0.1, 0.15) is 19.4 Å². The number of imide groups is 1. The van der Waals surface area contributed by atoms with E-state index < -0.39 is 12.2 Å². The number of likely N-dealkylation sites (N-methyl/N-ethyl adjacent to an activating group) is 1. The fourth-order valence-corrected chi connectivity index (χ4v) is 4.20. The van der Waals surface area contributed by atoms with Crippen molar-refractivity contribution in [3.05, 3.63) is 35.9 Å². The molecule has 1 aromatic rings. The third kappa shape index (κ3) is 3.13. The Balaban J connectivity index is 1.73. The summed E-state index contributed by atoms with van der Waals surface area (Å²) in [5.41, 5.74) is 1.28. The van der Waals surface area contributed by atoms with Crippen molar-refractivity contribution in [2.75, 3.05) is 12.8 Å². The molecule has 24 heavy (non-hydrogen) atoms. The van der Waals surface area contributed by atoms with Crippen molar-refractivity contribution < 1.29 is 9.59 Å². The number of fused-ring (bicyclic) bond motifs is 1. The molecule has 3 rings (SSSR count). The lowest BCUT2D eigenvalue weighted by atomic mass is 10.1. The van der Waals surface area contributed by atoms with Crippen LogP contribution >= 0.6 is 11.8 Å². The number of aliphatic imine (C=N–C) groups is 1. The van der Waals surface area contributed by atoms with Crippen LogP contribution in [0.15, 0.2) is 35.3 Å². The Morgan fingerprint density at radius 2 is 1.96 bits per heavy atom. The first kappa shape index (κ1) is 16.8. The Hall–Kier alpha value is -2.02. The number of hydrogen-bond donors (Lipinski definition) is 1. The number of nitrogens with one attached hydrogen (secondary N) is 1. The number of benzene rings is 1. The highest BCUT2D eigenvalue weighted by Gasteiger charge is 2.49. The first-order chi connectivity index (χ1) is 11.5. The van der Waals surface area contributed by atoms with Crippen molar-refractivity contribution in [3.8, 4) is 0 Å². The zero-order valence-corrected chi connectivity index (χ0v) is 14.9. The number of aryl methyl sites for hydroxylation is 1. The van der Waals surface area contributed by atoms with Crippen molar-refractivity contribution in [3.63, 3.8) is 0 Å². The second-order valence-corrected chi connectivity index (χ2v) is 7.32. The van der Waals surface area contributed by atoms with Crippen LogP contribution in [0.4, 0.5) is 4.79 Å². The molecule has 6 nitrogen and oxygen atoms in total. The summed E-state index contributed by atoms with van der Waals surface area (Å²) < 4.78 is 0. The summed E-state index contributed by atoms with van der Waals surface area (Å²) in [5.74, 6) is 0.615. The number of nitrogens with zero attached hydrogens (tertiary/aromatic N) is 3. The number of rotatable bonds is 4. The van der Waals surface area contributed by atoms with Crippen LogP contribution in [0, 0.1) is 0 Å². The van der Waals surface area contributed by atoms with Crippen LogP contribution < -0.4 is 5.32 Å². The van der Waals surface area contributed by atoms with Gasteiger partial charge >= 0.3 is 6.03 Å². The van der Waals surface area contributed by atoms with Crippen molar-refractivity contribution in [1.29, 1.82) is 0 Å². The zero-order chi connectivity index (χ0) is 17.3. The Labute approximate surface area is 146 Å². The van der Waals surface area contributed by atoms with E-state index in [1.165, 1.54) is 10.5 Å². The topological polar surface area (TPSA) is 65.0 Å². The summed E-state index contributed by atoms with van der Waals surface area (Å²) in [4.78, 5) is 32.3. The van der Waals surface area contributed by atoms with Gasteiger partial charge in [0.1, 0.15) is 0 Å². The SMILES string of the molecule is CC(C)N1C(SCCc2ccccc2)=NC2C1C(=O)NC(=O)N2C. The third-order valence-corrected chi connectivity index (χ3v) is 5.27. The number of carbonyl (C=O) groups is 2. The molecule has 1 saturated heterocycles. The van der Waals surface area contributed by atoms with Crippen LogP contribution in [0.25, 0.3) is 0 Å². The van der Waals surface area contributed by atoms with Gasteiger partial charge in [-0.25, -0.2) is 9.79 Å². The van der Waals surface area contributed by atoms with Gasteiger partial charge in [-0.3, -0.25) is 10.1 Å². The minimum Gasteiger partial charge on any atom is -0.333 e. The molecule has 0 radical (unpaired) electrons. The molecule has 7 heteroatoms. The molecule has 3 amide bonds. The Kier molecular flexibility index (Phi) is 4.80. The summed E-state index contributed by atoms with van der Waals surface area (Å²) in [5, 5.41) is 3.25. The lowest BCUT2D eigenvalue weighted by Gasteiger charge is -2.37. The van der Waals surface area contributed by atoms with Crippen molar-refractivity contribution >= 4 is 28.9 Å². The van der Waals surface area contributed by atoms with E-state index in [0.29, 0.717) is 0 Å². The smallest absolute Gasteiger partial charge is 0.325 e. The highest BCUT2D eigenvalue weighted by Crippen LogP contribution is 2.30. The maximum Gasteiger partial charge on any atom is 0.325 e. The maximum atomic E-state index is 12.3. The van der Waals surface area contributed by atoms with Crippen molar-refractivity contribution in [2.24, 2.45) is 4.99 Å². The lowest BCUT2D eigenvalue weighted by molar-refractivity contribution is -0.127. The van der Waals surface area contributed by atoms with Gasteiger partial charge in [0.05, 0.1) is 0 Å². The number of urea groups is 1. The van der Waals surface area contributed by atoms with Crippen LogP contribution in [-0.2, 0) is 11.2 Å². The summed E-state index contributed by atoms with van der Waals surface area (Å²) in [6.45, 7) is 4.08. The molecule has 0 aromatic heterocycles. The molecule has 0 bridgehead atoms. The molecule has 2 aliphatic rings. The molecule has 2 unspecified atom stereocenters. The second kappa shape index (κ2) is 6.84. The summed E-state index contributed by atoms with van der Waals surface area (Å²) >= 11 is 1.64. The highest BCUT2D eigenvalue weighted by atomic mass is 32.2. The number of amidine groups is 1. The summed E-state index contributed by atoms with van der Waals surface area (Å²) in [7, 11) is 1.68. The Morgan fingerprint density at radius 3 is 2.62 bits per heavy atom. The van der Waals surface area contributed by atoms with Crippen LogP contribution in [0.5, 0.6) is 0 Å². The highest BCUT2D eigenvalue weighted by molar-refractivity contribution is 8.13. The average molecular weight is 346 g/mol. The van der Waals surface area contributed by atoms with Gasteiger partial charge in [-0.05, 0) is 25.8 Å². The van der Waals surface area contributed by atoms with E-state index in [0.717, 1.165) is 17.3 Å². The van der Waals surface area contributed by atoms with Gasteiger partial charge in [0.2, 0.25) is 0 Å². The molecule has 0 spiro atoms. The maximum absolute atomic E-state index is 12.3. The first-order valence-corrected chi connectivity index (χ1v) is 9.08. The molecule has 1 fully saturated rings.